The van der Waals surface area contributed by atoms with E-state index in [0.717, 1.165) is 13.1 Å². The van der Waals surface area contributed by atoms with E-state index in [4.69, 9.17) is 5.73 Å². The summed E-state index contributed by atoms with van der Waals surface area (Å²) in [6, 6.07) is 8.54. The lowest BCUT2D eigenvalue weighted by Crippen LogP contribution is -2.52. The summed E-state index contributed by atoms with van der Waals surface area (Å²) in [7, 11) is 0. The molecule has 3 heteroatoms. The van der Waals surface area contributed by atoms with Crippen molar-refractivity contribution in [2.75, 3.05) is 18.0 Å². The zero-order chi connectivity index (χ0) is 11.7. The van der Waals surface area contributed by atoms with Crippen LogP contribution >= 0.6 is 0 Å². The summed E-state index contributed by atoms with van der Waals surface area (Å²) in [6.07, 6.45) is 0. The first-order valence-electron chi connectivity index (χ1n) is 5.72. The largest absolute Gasteiger partial charge is 0.370 e. The predicted octanol–water partition coefficient (Wildman–Crippen LogP) is 1.73. The van der Waals surface area contributed by atoms with Gasteiger partial charge in [-0.1, -0.05) is 26.0 Å². The molecule has 1 saturated heterocycles. The van der Waals surface area contributed by atoms with Crippen molar-refractivity contribution in [1.29, 1.82) is 0 Å². The molecule has 0 spiro atoms. The Labute approximate surface area is 96.2 Å². The van der Waals surface area contributed by atoms with Crippen molar-refractivity contribution < 1.29 is 4.79 Å². The maximum atomic E-state index is 10.9. The maximum Gasteiger partial charge on any atom is 0.224 e. The van der Waals surface area contributed by atoms with Crippen LogP contribution < -0.4 is 10.6 Å². The summed E-state index contributed by atoms with van der Waals surface area (Å²) < 4.78 is 0. The van der Waals surface area contributed by atoms with E-state index in [2.05, 4.69) is 43.0 Å². The normalized spacial score (nSPS) is 16.3. The van der Waals surface area contributed by atoms with Gasteiger partial charge in [-0.15, -0.1) is 0 Å². The molecule has 86 valence electrons. The molecule has 0 aliphatic carbocycles. The van der Waals surface area contributed by atoms with Crippen molar-refractivity contribution in [1.82, 2.24) is 0 Å². The van der Waals surface area contributed by atoms with Crippen LogP contribution in [-0.2, 0) is 4.79 Å². The van der Waals surface area contributed by atoms with Gasteiger partial charge in [0.05, 0.1) is 5.92 Å². The average Bonchev–Trinajstić information content (AvgIpc) is 2.15. The van der Waals surface area contributed by atoms with Gasteiger partial charge in [0, 0.05) is 18.8 Å². The lowest BCUT2D eigenvalue weighted by molar-refractivity contribution is -0.122. The summed E-state index contributed by atoms with van der Waals surface area (Å²) in [5.74, 6) is 0.406. The molecule has 2 rings (SSSR count). The van der Waals surface area contributed by atoms with Crippen LogP contribution in [0.15, 0.2) is 24.3 Å². The quantitative estimate of drug-likeness (QED) is 0.839. The van der Waals surface area contributed by atoms with Crippen molar-refractivity contribution in [2.24, 2.45) is 11.7 Å². The van der Waals surface area contributed by atoms with Gasteiger partial charge in [0.2, 0.25) is 5.91 Å². The molecule has 1 heterocycles. The van der Waals surface area contributed by atoms with Crippen LogP contribution in [0.1, 0.15) is 25.3 Å². The minimum atomic E-state index is -0.185. The number of rotatable bonds is 3. The van der Waals surface area contributed by atoms with E-state index in [0.29, 0.717) is 5.92 Å². The smallest absolute Gasteiger partial charge is 0.224 e. The number of anilines is 1. The average molecular weight is 218 g/mol. The summed E-state index contributed by atoms with van der Waals surface area (Å²) in [4.78, 5) is 13.1. The monoisotopic (exact) mass is 218 g/mol. The van der Waals surface area contributed by atoms with E-state index in [9.17, 15) is 4.79 Å². The standard InChI is InChI=1S/C13H18N2O/c1-9(2)10-3-5-12(6-4-10)15-7-11(8-15)13(14)16/h3-6,9,11H,7-8H2,1-2H3,(H2,14,16). The number of hydrogen-bond acceptors (Lipinski definition) is 2. The van der Waals surface area contributed by atoms with Crippen molar-refractivity contribution in [2.45, 2.75) is 19.8 Å². The molecule has 0 unspecified atom stereocenters. The molecule has 2 N–H and O–H groups in total. The topological polar surface area (TPSA) is 46.3 Å². The molecule has 0 saturated carbocycles. The fourth-order valence-corrected chi connectivity index (χ4v) is 1.94. The van der Waals surface area contributed by atoms with Crippen LogP contribution in [0, 0.1) is 5.92 Å². The van der Waals surface area contributed by atoms with Crippen LogP contribution in [0.3, 0.4) is 0 Å². The number of carbonyl (C=O) groups excluding carboxylic acids is 1. The molecule has 0 aromatic heterocycles. The Bertz CT molecular complexity index is 377. The Hall–Kier alpha value is -1.51. The van der Waals surface area contributed by atoms with Crippen molar-refractivity contribution in [3.8, 4) is 0 Å². The molecule has 3 nitrogen and oxygen atoms in total. The van der Waals surface area contributed by atoms with Gasteiger partial charge in [0.15, 0.2) is 0 Å². The first-order valence-corrected chi connectivity index (χ1v) is 5.72. The third-order valence-electron chi connectivity index (χ3n) is 3.21. The third kappa shape index (κ3) is 2.03. The highest BCUT2D eigenvalue weighted by Gasteiger charge is 2.30. The number of benzene rings is 1. The molecule has 16 heavy (non-hydrogen) atoms. The summed E-state index contributed by atoms with van der Waals surface area (Å²) in [5, 5.41) is 0. The van der Waals surface area contributed by atoms with Crippen LogP contribution in [0.4, 0.5) is 5.69 Å². The molecule has 0 bridgehead atoms. The predicted molar refractivity (Wildman–Crippen MR) is 65.4 cm³/mol. The summed E-state index contributed by atoms with van der Waals surface area (Å²) in [5.41, 5.74) is 7.76. The first kappa shape index (κ1) is 11.0. The number of amides is 1. The lowest BCUT2D eigenvalue weighted by Gasteiger charge is -2.39. The number of hydrogen-bond donors (Lipinski definition) is 1. The zero-order valence-corrected chi connectivity index (χ0v) is 9.81. The molecule has 0 atom stereocenters. The Kier molecular flexibility index (Phi) is 2.86. The number of nitrogens with two attached hydrogens (primary N) is 1. The van der Waals surface area contributed by atoms with Crippen LogP contribution in [0.2, 0.25) is 0 Å². The van der Waals surface area contributed by atoms with Gasteiger partial charge < -0.3 is 10.6 Å². The molecule has 1 aromatic carbocycles. The Morgan fingerprint density at radius 1 is 1.31 bits per heavy atom. The highest BCUT2D eigenvalue weighted by Crippen LogP contribution is 2.26. The van der Waals surface area contributed by atoms with Crippen LogP contribution in [0.25, 0.3) is 0 Å². The number of primary amides is 1. The van der Waals surface area contributed by atoms with Gasteiger partial charge in [-0.25, -0.2) is 0 Å². The second-order valence-corrected chi connectivity index (χ2v) is 4.75. The van der Waals surface area contributed by atoms with E-state index in [1.807, 2.05) is 0 Å². The second-order valence-electron chi connectivity index (χ2n) is 4.75. The highest BCUT2D eigenvalue weighted by atomic mass is 16.1. The van der Waals surface area contributed by atoms with Crippen molar-refractivity contribution in [3.05, 3.63) is 29.8 Å². The van der Waals surface area contributed by atoms with Gasteiger partial charge in [0.1, 0.15) is 0 Å². The highest BCUT2D eigenvalue weighted by molar-refractivity contribution is 5.80. The zero-order valence-electron chi connectivity index (χ0n) is 9.81. The van der Waals surface area contributed by atoms with Crippen LogP contribution in [0.5, 0.6) is 0 Å². The van der Waals surface area contributed by atoms with E-state index in [1.165, 1.54) is 11.3 Å². The molecule has 1 amide bonds. The van der Waals surface area contributed by atoms with Crippen molar-refractivity contribution >= 4 is 11.6 Å². The molecule has 1 aromatic rings. The lowest BCUT2D eigenvalue weighted by atomic mass is 9.97. The Morgan fingerprint density at radius 3 is 2.31 bits per heavy atom. The van der Waals surface area contributed by atoms with E-state index >= 15 is 0 Å². The molecular weight excluding hydrogens is 200 g/mol. The minimum absolute atomic E-state index is 0.0322. The van der Waals surface area contributed by atoms with Crippen molar-refractivity contribution in [3.63, 3.8) is 0 Å². The Morgan fingerprint density at radius 2 is 1.88 bits per heavy atom. The minimum Gasteiger partial charge on any atom is -0.370 e. The van der Waals surface area contributed by atoms with E-state index in [1.54, 1.807) is 0 Å². The number of nitrogens with zero attached hydrogens (tertiary/aromatic N) is 1. The SMILES string of the molecule is CC(C)c1ccc(N2CC(C(N)=O)C2)cc1. The van der Waals surface area contributed by atoms with Crippen LogP contribution in [-0.4, -0.2) is 19.0 Å². The fourth-order valence-electron chi connectivity index (χ4n) is 1.94. The maximum absolute atomic E-state index is 10.9. The van der Waals surface area contributed by atoms with Gasteiger partial charge >= 0.3 is 0 Å². The van der Waals surface area contributed by atoms with E-state index in [-0.39, 0.29) is 11.8 Å². The summed E-state index contributed by atoms with van der Waals surface area (Å²) >= 11 is 0. The molecule has 1 aliphatic heterocycles. The number of carbonyl (C=O) groups is 1. The van der Waals surface area contributed by atoms with Gasteiger partial charge in [-0.2, -0.15) is 0 Å². The van der Waals surface area contributed by atoms with Gasteiger partial charge in [0.25, 0.3) is 0 Å². The molecule has 1 fully saturated rings. The van der Waals surface area contributed by atoms with Gasteiger partial charge in [-0.3, -0.25) is 4.79 Å². The van der Waals surface area contributed by atoms with E-state index < -0.39 is 0 Å². The molecule has 0 radical (unpaired) electrons. The molecule has 1 aliphatic rings. The van der Waals surface area contributed by atoms with Gasteiger partial charge in [-0.05, 0) is 23.6 Å². The first-order chi connectivity index (χ1) is 7.58. The Balaban J connectivity index is 1.99. The second kappa shape index (κ2) is 4.16. The summed E-state index contributed by atoms with van der Waals surface area (Å²) in [6.45, 7) is 5.89. The third-order valence-corrected chi connectivity index (χ3v) is 3.21. The fraction of sp³-hybridized carbons (Fsp3) is 0.462. The molecular formula is C13H18N2O.